The quantitative estimate of drug-likeness (QED) is 0.0626. The molecule has 8 N–H and O–H groups in total. The van der Waals surface area contributed by atoms with Gasteiger partial charge in [-0.3, -0.25) is 19.2 Å². The average Bonchev–Trinajstić information content (AvgIpc) is 3.14. The molecule has 2 rings (SSSR count). The Kier molecular flexibility index (Phi) is 22.5. The Balaban J connectivity index is 0.000000989. The Morgan fingerprint density at radius 2 is 0.792 bits per heavy atom. The summed E-state index contributed by atoms with van der Waals surface area (Å²) in [5.41, 5.74) is 11.4. The second kappa shape index (κ2) is 25.2. The molecule has 0 aliphatic carbocycles. The SMILES string of the molecule is C=CC(=O)CCCn1c(=O)n(CCNC(=O)C=C)c(=O)n(CCNC(=O)C=C)c1=O.C=CC(=O)Cl.NCCn1c(=O)n(CCN)c(=O)n(CCN)c1=O. The van der Waals surface area contributed by atoms with E-state index in [2.05, 4.69) is 36.9 Å². The van der Waals surface area contributed by atoms with Gasteiger partial charge in [-0.05, 0) is 42.3 Å². The van der Waals surface area contributed by atoms with E-state index in [0.29, 0.717) is 0 Å². The van der Waals surface area contributed by atoms with Gasteiger partial charge in [-0.1, -0.05) is 26.3 Å². The van der Waals surface area contributed by atoms with Crippen molar-refractivity contribution in [1.29, 1.82) is 0 Å². The first-order chi connectivity index (χ1) is 25.1. The van der Waals surface area contributed by atoms with Crippen LogP contribution in [0.2, 0.25) is 0 Å². The van der Waals surface area contributed by atoms with Crippen molar-refractivity contribution in [2.45, 2.75) is 52.1 Å². The number of ketones is 1. The number of aromatic nitrogens is 6. The highest BCUT2D eigenvalue weighted by atomic mass is 35.5. The molecule has 0 fully saturated rings. The Hall–Kier alpha value is -5.77. The van der Waals surface area contributed by atoms with E-state index in [-0.39, 0.29) is 90.6 Å². The number of allylic oxidation sites excluding steroid dienone is 2. The molecule has 0 bridgehead atoms. The van der Waals surface area contributed by atoms with Gasteiger partial charge < -0.3 is 27.8 Å². The van der Waals surface area contributed by atoms with Gasteiger partial charge in [-0.15, -0.1) is 0 Å². The van der Waals surface area contributed by atoms with Crippen molar-refractivity contribution in [3.63, 3.8) is 0 Å². The number of halogens is 1. The summed E-state index contributed by atoms with van der Waals surface area (Å²) in [5, 5.41) is 4.38. The smallest absolute Gasteiger partial charge is 0.336 e. The van der Waals surface area contributed by atoms with Gasteiger partial charge in [-0.2, -0.15) is 0 Å². The zero-order valence-electron chi connectivity index (χ0n) is 29.2. The van der Waals surface area contributed by atoms with Crippen LogP contribution < -0.4 is 62.0 Å². The molecule has 2 amide bonds. The minimum Gasteiger partial charge on any atom is -0.351 e. The molecular formula is C31H46ClN11O10. The molecule has 0 atom stereocenters. The van der Waals surface area contributed by atoms with Crippen molar-refractivity contribution in [2.24, 2.45) is 17.2 Å². The molecule has 21 nitrogen and oxygen atoms in total. The maximum atomic E-state index is 12.7. The molecular weight excluding hydrogens is 722 g/mol. The zero-order valence-corrected chi connectivity index (χ0v) is 30.0. The molecule has 53 heavy (non-hydrogen) atoms. The van der Waals surface area contributed by atoms with Gasteiger partial charge in [0.25, 0.3) is 0 Å². The van der Waals surface area contributed by atoms with Crippen LogP contribution in [-0.2, 0) is 58.4 Å². The third-order valence-corrected chi connectivity index (χ3v) is 6.82. The van der Waals surface area contributed by atoms with E-state index in [9.17, 15) is 47.9 Å². The molecule has 2 heterocycles. The largest absolute Gasteiger partial charge is 0.351 e. The van der Waals surface area contributed by atoms with E-state index < -0.39 is 51.2 Å². The lowest BCUT2D eigenvalue weighted by molar-refractivity contribution is -0.117. The zero-order chi connectivity index (χ0) is 40.7. The van der Waals surface area contributed by atoms with Gasteiger partial charge in [-0.25, -0.2) is 56.2 Å². The number of nitrogens with one attached hydrogen (secondary N) is 2. The van der Waals surface area contributed by atoms with Crippen molar-refractivity contribution >= 4 is 34.4 Å². The van der Waals surface area contributed by atoms with Gasteiger partial charge in [0, 0.05) is 78.4 Å². The minimum absolute atomic E-state index is 0.0413. The number of carbonyl (C=O) groups is 4. The predicted octanol–water partition coefficient (Wildman–Crippen LogP) is -4.70. The fourth-order valence-electron chi connectivity index (χ4n) is 4.14. The summed E-state index contributed by atoms with van der Waals surface area (Å²) < 4.78 is 5.25. The lowest BCUT2D eigenvalue weighted by atomic mass is 10.2. The van der Waals surface area contributed by atoms with Crippen molar-refractivity contribution in [1.82, 2.24) is 38.0 Å². The monoisotopic (exact) mass is 767 g/mol. The van der Waals surface area contributed by atoms with Crippen LogP contribution in [0.25, 0.3) is 0 Å². The average molecular weight is 768 g/mol. The number of hydrogen-bond acceptors (Lipinski definition) is 13. The number of hydrogen-bond donors (Lipinski definition) is 5. The minimum atomic E-state index is -0.871. The highest BCUT2D eigenvalue weighted by Crippen LogP contribution is 1.93. The van der Waals surface area contributed by atoms with Crippen LogP contribution in [0.5, 0.6) is 0 Å². The molecule has 0 aliphatic rings. The highest BCUT2D eigenvalue weighted by Gasteiger charge is 2.16. The van der Waals surface area contributed by atoms with E-state index >= 15 is 0 Å². The van der Waals surface area contributed by atoms with E-state index in [1.165, 1.54) is 0 Å². The maximum Gasteiger partial charge on any atom is 0.336 e. The van der Waals surface area contributed by atoms with Crippen molar-refractivity contribution < 1.29 is 19.2 Å². The van der Waals surface area contributed by atoms with Gasteiger partial charge in [0.2, 0.25) is 17.1 Å². The fraction of sp³-hybridized carbons (Fsp3) is 0.419. The first-order valence-corrected chi connectivity index (χ1v) is 16.3. The molecule has 0 spiro atoms. The standard InChI is InChI=1S/C19H25N5O6.C9H18N6O3.C3H3ClO/c1-4-14(25)8-7-11-22-17(28)23(12-9-20-15(26)5-2)19(30)24(18(22)29)13-10-21-16(27)6-3;10-1-4-13-7(16)14(5-2-11)9(18)15(6-3-12)8(13)17;1-2-3(4)5/h4-6H,1-3,7-13H2,(H,20,26)(H,21,27);1-6,10-12H2;2H,1H2. The van der Waals surface area contributed by atoms with Gasteiger partial charge in [0.05, 0.1) is 0 Å². The molecule has 0 saturated heterocycles. The number of nitrogens with two attached hydrogens (primary N) is 3. The van der Waals surface area contributed by atoms with Crippen LogP contribution in [0.1, 0.15) is 12.8 Å². The molecule has 2 aromatic rings. The van der Waals surface area contributed by atoms with Crippen molar-refractivity contribution in [2.75, 3.05) is 32.7 Å². The maximum absolute atomic E-state index is 12.7. The summed E-state index contributed by atoms with van der Waals surface area (Å²) in [5.74, 6) is -1.20. The Labute approximate surface area is 306 Å². The van der Waals surface area contributed by atoms with E-state index in [0.717, 1.165) is 51.7 Å². The summed E-state index contributed by atoms with van der Waals surface area (Å²) in [6.45, 7) is 13.0. The van der Waals surface area contributed by atoms with Crippen LogP contribution in [0.3, 0.4) is 0 Å². The van der Waals surface area contributed by atoms with Crippen LogP contribution >= 0.6 is 11.6 Å². The third kappa shape index (κ3) is 15.2. The molecule has 2 aromatic heterocycles. The van der Waals surface area contributed by atoms with Crippen LogP contribution in [0.4, 0.5) is 0 Å². The van der Waals surface area contributed by atoms with Gasteiger partial charge >= 0.3 is 34.1 Å². The first-order valence-electron chi connectivity index (χ1n) is 15.9. The third-order valence-electron chi connectivity index (χ3n) is 6.66. The van der Waals surface area contributed by atoms with Gasteiger partial charge in [0.15, 0.2) is 5.78 Å². The van der Waals surface area contributed by atoms with E-state index in [1.54, 1.807) is 0 Å². The summed E-state index contributed by atoms with van der Waals surface area (Å²) in [4.78, 5) is 117. The lowest BCUT2D eigenvalue weighted by Gasteiger charge is -2.14. The van der Waals surface area contributed by atoms with Crippen LogP contribution in [-0.4, -0.2) is 83.0 Å². The lowest BCUT2D eigenvalue weighted by Crippen LogP contribution is -2.56. The number of rotatable bonds is 20. The molecule has 22 heteroatoms. The molecule has 292 valence electrons. The Morgan fingerprint density at radius 1 is 0.509 bits per heavy atom. The second-order valence-electron chi connectivity index (χ2n) is 10.2. The molecule has 0 radical (unpaired) electrons. The van der Waals surface area contributed by atoms with E-state index in [4.69, 9.17) is 28.8 Å². The predicted molar refractivity (Wildman–Crippen MR) is 198 cm³/mol. The normalized spacial score (nSPS) is 10.0. The molecule has 0 unspecified atom stereocenters. The van der Waals surface area contributed by atoms with Crippen molar-refractivity contribution in [3.8, 4) is 0 Å². The van der Waals surface area contributed by atoms with E-state index in [1.807, 2.05) is 0 Å². The first kappa shape index (κ1) is 47.2. The highest BCUT2D eigenvalue weighted by molar-refractivity contribution is 6.66. The number of carbonyl (C=O) groups excluding carboxylic acids is 4. The second-order valence-corrected chi connectivity index (χ2v) is 10.6. The van der Waals surface area contributed by atoms with Gasteiger partial charge in [0.1, 0.15) is 0 Å². The summed E-state index contributed by atoms with van der Waals surface area (Å²) in [6, 6.07) is 0. The Morgan fingerprint density at radius 3 is 1.04 bits per heavy atom. The summed E-state index contributed by atoms with van der Waals surface area (Å²) in [6.07, 6.45) is 4.55. The number of nitrogens with zero attached hydrogens (tertiary/aromatic N) is 6. The van der Waals surface area contributed by atoms with Crippen LogP contribution in [0.15, 0.2) is 79.4 Å². The summed E-state index contributed by atoms with van der Waals surface area (Å²) >= 11 is 4.71. The molecule has 0 aromatic carbocycles. The summed E-state index contributed by atoms with van der Waals surface area (Å²) in [7, 11) is 0. The molecule has 0 aliphatic heterocycles. The van der Waals surface area contributed by atoms with Crippen LogP contribution in [0, 0.1) is 0 Å². The Bertz CT molecular complexity index is 1730. The topological polar surface area (TPSA) is 302 Å². The number of amides is 2. The molecule has 0 saturated carbocycles. The van der Waals surface area contributed by atoms with Crippen molar-refractivity contribution in [3.05, 3.63) is 114 Å². The fourth-order valence-corrected chi connectivity index (χ4v) is 4.14.